The van der Waals surface area contributed by atoms with Crippen molar-refractivity contribution < 1.29 is 19.0 Å². The van der Waals surface area contributed by atoms with E-state index in [1.54, 1.807) is 12.1 Å². The molecule has 0 aliphatic carbocycles. The van der Waals surface area contributed by atoms with Crippen molar-refractivity contribution in [2.45, 2.75) is 90.9 Å². The van der Waals surface area contributed by atoms with Gasteiger partial charge in [0.1, 0.15) is 17.2 Å². The summed E-state index contributed by atoms with van der Waals surface area (Å²) in [7, 11) is 0. The van der Waals surface area contributed by atoms with Gasteiger partial charge in [0.15, 0.2) is 0 Å². The van der Waals surface area contributed by atoms with Crippen LogP contribution in [0, 0.1) is 5.92 Å². The molecular formula is C38H50O4. The Labute approximate surface area is 254 Å². The van der Waals surface area contributed by atoms with Crippen LogP contribution in [0.5, 0.6) is 17.2 Å². The van der Waals surface area contributed by atoms with E-state index in [-0.39, 0.29) is 5.97 Å². The van der Waals surface area contributed by atoms with Crippen molar-refractivity contribution in [1.82, 2.24) is 0 Å². The third-order valence-electron chi connectivity index (χ3n) is 7.72. The van der Waals surface area contributed by atoms with Crippen LogP contribution in [0.4, 0.5) is 0 Å². The molecule has 0 aliphatic rings. The first-order chi connectivity index (χ1) is 20.6. The summed E-state index contributed by atoms with van der Waals surface area (Å²) >= 11 is 0. The zero-order chi connectivity index (χ0) is 29.8. The average molecular weight is 571 g/mol. The SMILES string of the molecule is C=CCCCCCCCCOc1ccc(C(=O)Oc2ccc(-c3ccc(OCCCCC[C@@H](C)CC)cc3)cc2)cc1. The van der Waals surface area contributed by atoms with Gasteiger partial charge in [0, 0.05) is 0 Å². The van der Waals surface area contributed by atoms with Gasteiger partial charge in [0.2, 0.25) is 0 Å². The number of allylic oxidation sites excluding steroid dienone is 1. The van der Waals surface area contributed by atoms with Gasteiger partial charge < -0.3 is 14.2 Å². The van der Waals surface area contributed by atoms with Crippen molar-refractivity contribution in [3.8, 4) is 28.4 Å². The molecule has 0 fully saturated rings. The van der Waals surface area contributed by atoms with Crippen LogP contribution in [0.2, 0.25) is 0 Å². The van der Waals surface area contributed by atoms with Crippen LogP contribution in [0.1, 0.15) is 101 Å². The van der Waals surface area contributed by atoms with E-state index < -0.39 is 0 Å². The number of carbonyl (C=O) groups is 1. The first kappa shape index (κ1) is 33.0. The van der Waals surface area contributed by atoms with Gasteiger partial charge in [0.25, 0.3) is 0 Å². The van der Waals surface area contributed by atoms with E-state index >= 15 is 0 Å². The molecule has 0 saturated carbocycles. The molecule has 0 amide bonds. The zero-order valence-corrected chi connectivity index (χ0v) is 25.8. The minimum absolute atomic E-state index is 0.382. The Balaban J connectivity index is 1.35. The summed E-state index contributed by atoms with van der Waals surface area (Å²) in [5.74, 6) is 2.63. The molecule has 4 heteroatoms. The number of unbranched alkanes of at least 4 members (excludes halogenated alkanes) is 8. The van der Waals surface area contributed by atoms with Gasteiger partial charge in [-0.3, -0.25) is 0 Å². The van der Waals surface area contributed by atoms with Crippen LogP contribution >= 0.6 is 0 Å². The molecule has 0 radical (unpaired) electrons. The van der Waals surface area contributed by atoms with Crippen molar-refractivity contribution in [2.75, 3.05) is 13.2 Å². The molecule has 0 aromatic heterocycles. The fraction of sp³-hybridized carbons (Fsp3) is 0.447. The quantitative estimate of drug-likeness (QED) is 0.0553. The topological polar surface area (TPSA) is 44.8 Å². The van der Waals surface area contributed by atoms with Crippen LogP contribution in [0.3, 0.4) is 0 Å². The fourth-order valence-electron chi connectivity index (χ4n) is 4.77. The van der Waals surface area contributed by atoms with E-state index in [2.05, 4.69) is 32.6 Å². The van der Waals surface area contributed by atoms with Gasteiger partial charge in [-0.25, -0.2) is 4.79 Å². The van der Waals surface area contributed by atoms with Crippen LogP contribution in [0.25, 0.3) is 11.1 Å². The molecule has 42 heavy (non-hydrogen) atoms. The van der Waals surface area contributed by atoms with Crippen molar-refractivity contribution in [2.24, 2.45) is 5.92 Å². The Kier molecular flexibility index (Phi) is 15.4. The monoisotopic (exact) mass is 570 g/mol. The van der Waals surface area contributed by atoms with Crippen LogP contribution < -0.4 is 14.2 Å². The highest BCUT2D eigenvalue weighted by molar-refractivity contribution is 5.91. The molecule has 0 saturated heterocycles. The highest BCUT2D eigenvalue weighted by atomic mass is 16.5. The summed E-state index contributed by atoms with van der Waals surface area (Å²) in [5.41, 5.74) is 2.64. The number of hydrogen-bond acceptors (Lipinski definition) is 4. The molecular weight excluding hydrogens is 520 g/mol. The van der Waals surface area contributed by atoms with Gasteiger partial charge in [-0.05, 0) is 91.3 Å². The summed E-state index contributed by atoms with van der Waals surface area (Å²) in [6.45, 7) is 9.80. The number of benzene rings is 3. The number of rotatable bonds is 21. The predicted molar refractivity (Wildman–Crippen MR) is 175 cm³/mol. The Morgan fingerprint density at radius 1 is 0.667 bits per heavy atom. The molecule has 0 spiro atoms. The lowest BCUT2D eigenvalue weighted by Crippen LogP contribution is -2.08. The molecule has 226 valence electrons. The van der Waals surface area contributed by atoms with Gasteiger partial charge >= 0.3 is 5.97 Å². The molecule has 1 atom stereocenters. The maximum Gasteiger partial charge on any atom is 0.343 e. The number of esters is 1. The fourth-order valence-corrected chi connectivity index (χ4v) is 4.77. The smallest absolute Gasteiger partial charge is 0.343 e. The average Bonchev–Trinajstić information content (AvgIpc) is 3.02. The summed E-state index contributed by atoms with van der Waals surface area (Å²) in [6.07, 6.45) is 16.5. The van der Waals surface area contributed by atoms with E-state index in [9.17, 15) is 4.79 Å². The molecule has 0 unspecified atom stereocenters. The molecule has 3 rings (SSSR count). The van der Waals surface area contributed by atoms with Gasteiger partial charge in [0.05, 0.1) is 18.8 Å². The summed E-state index contributed by atoms with van der Waals surface area (Å²) < 4.78 is 17.4. The molecule has 0 aliphatic heterocycles. The van der Waals surface area contributed by atoms with Crippen LogP contribution in [0.15, 0.2) is 85.5 Å². The predicted octanol–water partition coefficient (Wildman–Crippen LogP) is 10.9. The van der Waals surface area contributed by atoms with E-state index in [1.807, 2.05) is 54.6 Å². The summed E-state index contributed by atoms with van der Waals surface area (Å²) in [4.78, 5) is 12.7. The molecule has 3 aromatic rings. The van der Waals surface area contributed by atoms with Crippen molar-refractivity contribution >= 4 is 5.97 Å². The maximum atomic E-state index is 12.7. The molecule has 0 heterocycles. The minimum atomic E-state index is -0.382. The van der Waals surface area contributed by atoms with E-state index in [0.29, 0.717) is 17.9 Å². The van der Waals surface area contributed by atoms with Gasteiger partial charge in [-0.15, -0.1) is 6.58 Å². The maximum absolute atomic E-state index is 12.7. The Morgan fingerprint density at radius 3 is 1.69 bits per heavy atom. The van der Waals surface area contributed by atoms with Crippen LogP contribution in [-0.4, -0.2) is 19.2 Å². The van der Waals surface area contributed by atoms with Crippen molar-refractivity contribution in [3.63, 3.8) is 0 Å². The standard InChI is InChI=1S/C38H50O4/c1-4-6-7-8-9-10-11-14-29-40-36-25-21-34(22-26-36)38(39)42-37-27-19-33(20-28-37)32-17-23-35(24-18-32)41-30-15-12-13-16-31(3)5-2/h4,17-28,31H,1,5-16,29-30H2,2-3H3/t31-/m0/s1. The Morgan fingerprint density at radius 2 is 1.14 bits per heavy atom. The summed E-state index contributed by atoms with van der Waals surface area (Å²) in [5, 5.41) is 0. The molecule has 0 N–H and O–H groups in total. The molecule has 0 bridgehead atoms. The lowest BCUT2D eigenvalue weighted by Gasteiger charge is -2.10. The second-order valence-electron chi connectivity index (χ2n) is 11.2. The third kappa shape index (κ3) is 12.5. The van der Waals surface area contributed by atoms with E-state index in [0.717, 1.165) is 54.4 Å². The van der Waals surface area contributed by atoms with E-state index in [4.69, 9.17) is 14.2 Å². The normalized spacial score (nSPS) is 11.6. The zero-order valence-electron chi connectivity index (χ0n) is 25.8. The van der Waals surface area contributed by atoms with Gasteiger partial charge in [-0.2, -0.15) is 0 Å². The first-order valence-electron chi connectivity index (χ1n) is 16.0. The molecule has 3 aromatic carbocycles. The van der Waals surface area contributed by atoms with Crippen molar-refractivity contribution in [3.05, 3.63) is 91.0 Å². The minimum Gasteiger partial charge on any atom is -0.494 e. The summed E-state index contributed by atoms with van der Waals surface area (Å²) in [6, 6.07) is 22.9. The number of ether oxygens (including phenoxy) is 3. The van der Waals surface area contributed by atoms with Gasteiger partial charge in [-0.1, -0.05) is 95.6 Å². The number of carbonyl (C=O) groups excluding carboxylic acids is 1. The third-order valence-corrected chi connectivity index (χ3v) is 7.72. The Bertz CT molecular complexity index is 1150. The second-order valence-corrected chi connectivity index (χ2v) is 11.2. The van der Waals surface area contributed by atoms with Crippen molar-refractivity contribution in [1.29, 1.82) is 0 Å². The lowest BCUT2D eigenvalue weighted by atomic mass is 10.0. The largest absolute Gasteiger partial charge is 0.494 e. The highest BCUT2D eigenvalue weighted by Crippen LogP contribution is 2.25. The lowest BCUT2D eigenvalue weighted by molar-refractivity contribution is 0.0734. The van der Waals surface area contributed by atoms with Crippen LogP contribution in [-0.2, 0) is 0 Å². The molecule has 4 nitrogen and oxygen atoms in total. The second kappa shape index (κ2) is 19.6. The first-order valence-corrected chi connectivity index (χ1v) is 16.0. The number of hydrogen-bond donors (Lipinski definition) is 0. The highest BCUT2D eigenvalue weighted by Gasteiger charge is 2.10. The van der Waals surface area contributed by atoms with E-state index in [1.165, 1.54) is 57.8 Å². The Hall–Kier alpha value is -3.53.